The highest BCUT2D eigenvalue weighted by Gasteiger charge is 2.24. The van der Waals surface area contributed by atoms with Gasteiger partial charge in [-0.25, -0.2) is 0 Å². The van der Waals surface area contributed by atoms with Gasteiger partial charge in [0, 0.05) is 43.5 Å². The second-order valence-electron chi connectivity index (χ2n) is 6.62. The first kappa shape index (κ1) is 14.8. The molecule has 2 fully saturated rings. The third-order valence-corrected chi connectivity index (χ3v) is 4.99. The first-order valence-electron chi connectivity index (χ1n) is 8.65. The molecule has 0 saturated carbocycles. The predicted molar refractivity (Wildman–Crippen MR) is 91.7 cm³/mol. The van der Waals surface area contributed by atoms with E-state index in [9.17, 15) is 0 Å². The van der Waals surface area contributed by atoms with Gasteiger partial charge in [-0.3, -0.25) is 4.90 Å². The maximum atomic E-state index is 5.46. The summed E-state index contributed by atoms with van der Waals surface area (Å²) >= 11 is 0. The number of anilines is 1. The average molecular weight is 312 g/mol. The lowest BCUT2D eigenvalue weighted by atomic mass is 9.97. The summed E-state index contributed by atoms with van der Waals surface area (Å²) in [6.07, 6.45) is 4.40. The number of rotatable bonds is 3. The Morgan fingerprint density at radius 1 is 1.13 bits per heavy atom. The lowest BCUT2D eigenvalue weighted by molar-refractivity contribution is 0.0296. The Kier molecular flexibility index (Phi) is 4.39. The van der Waals surface area contributed by atoms with Crippen LogP contribution in [0.25, 0.3) is 10.8 Å². The van der Waals surface area contributed by atoms with Crippen molar-refractivity contribution in [1.82, 2.24) is 15.1 Å². The minimum atomic E-state index is 0.711. The highest BCUT2D eigenvalue weighted by Crippen LogP contribution is 2.28. The number of hydrogen-bond donors (Lipinski definition) is 0. The summed E-state index contributed by atoms with van der Waals surface area (Å²) < 4.78 is 5.46. The molecule has 122 valence electrons. The monoisotopic (exact) mass is 312 g/mol. The molecule has 2 saturated heterocycles. The third kappa shape index (κ3) is 3.31. The van der Waals surface area contributed by atoms with E-state index in [1.807, 2.05) is 6.20 Å². The first-order valence-corrected chi connectivity index (χ1v) is 8.65. The van der Waals surface area contributed by atoms with Gasteiger partial charge in [-0.05, 0) is 18.8 Å². The predicted octanol–water partition coefficient (Wildman–Crippen LogP) is 2.18. The van der Waals surface area contributed by atoms with Crippen LogP contribution in [0, 0.1) is 5.92 Å². The molecule has 2 aliphatic heterocycles. The molecule has 3 heterocycles. The second-order valence-corrected chi connectivity index (χ2v) is 6.62. The number of piperidine rings is 1. The highest BCUT2D eigenvalue weighted by atomic mass is 16.5. The van der Waals surface area contributed by atoms with Crippen molar-refractivity contribution in [2.75, 3.05) is 50.8 Å². The molecule has 0 unspecified atom stereocenters. The van der Waals surface area contributed by atoms with Crippen molar-refractivity contribution in [3.05, 3.63) is 30.5 Å². The van der Waals surface area contributed by atoms with E-state index in [1.165, 1.54) is 30.2 Å². The summed E-state index contributed by atoms with van der Waals surface area (Å²) in [5.41, 5.74) is 0. The molecular weight excluding hydrogens is 288 g/mol. The summed E-state index contributed by atoms with van der Waals surface area (Å²) in [6.45, 7) is 7.26. The third-order valence-electron chi connectivity index (χ3n) is 4.99. The topological polar surface area (TPSA) is 41.5 Å². The van der Waals surface area contributed by atoms with Crippen LogP contribution in [0.1, 0.15) is 12.8 Å². The second kappa shape index (κ2) is 6.81. The summed E-state index contributed by atoms with van der Waals surface area (Å²) in [5, 5.41) is 11.1. The van der Waals surface area contributed by atoms with Crippen LogP contribution in [-0.4, -0.2) is 61.0 Å². The zero-order valence-electron chi connectivity index (χ0n) is 13.5. The molecule has 0 spiro atoms. The Balaban J connectivity index is 1.50. The van der Waals surface area contributed by atoms with Crippen LogP contribution in [0.4, 0.5) is 5.82 Å². The summed E-state index contributed by atoms with van der Waals surface area (Å²) in [5.74, 6) is 1.76. The lowest BCUT2D eigenvalue weighted by Crippen LogP contribution is -2.44. The first-order chi connectivity index (χ1) is 11.4. The zero-order chi connectivity index (χ0) is 15.5. The normalized spacial score (nSPS) is 23.3. The smallest absolute Gasteiger partial charge is 0.159 e. The number of benzene rings is 1. The molecule has 1 aromatic heterocycles. The van der Waals surface area contributed by atoms with Crippen molar-refractivity contribution in [3.8, 4) is 0 Å². The van der Waals surface area contributed by atoms with Gasteiger partial charge in [0.25, 0.3) is 0 Å². The van der Waals surface area contributed by atoms with Crippen LogP contribution in [0.15, 0.2) is 30.5 Å². The molecule has 0 aliphatic carbocycles. The number of aromatic nitrogens is 2. The van der Waals surface area contributed by atoms with Crippen LogP contribution in [0.5, 0.6) is 0 Å². The maximum Gasteiger partial charge on any atom is 0.159 e. The van der Waals surface area contributed by atoms with Crippen molar-refractivity contribution < 1.29 is 4.74 Å². The van der Waals surface area contributed by atoms with Crippen molar-refractivity contribution >= 4 is 16.6 Å². The lowest BCUT2D eigenvalue weighted by Gasteiger charge is -2.37. The standard InChI is InChI=1S/C18H24N4O/c1-2-6-17-16(5-1)12-19-20-18(17)22-7-3-4-15(14-22)13-21-8-10-23-11-9-21/h1-2,5-6,12,15H,3-4,7-11,13-14H2/t15-/m1/s1. The minimum absolute atomic E-state index is 0.711. The van der Waals surface area contributed by atoms with Gasteiger partial charge in [-0.15, -0.1) is 5.10 Å². The number of fused-ring (bicyclic) bond motifs is 1. The van der Waals surface area contributed by atoms with Crippen molar-refractivity contribution in [3.63, 3.8) is 0 Å². The van der Waals surface area contributed by atoms with E-state index in [4.69, 9.17) is 4.74 Å². The van der Waals surface area contributed by atoms with Crippen molar-refractivity contribution in [2.45, 2.75) is 12.8 Å². The molecular formula is C18H24N4O. The van der Waals surface area contributed by atoms with E-state index in [0.717, 1.165) is 45.2 Å². The maximum absolute atomic E-state index is 5.46. The van der Waals surface area contributed by atoms with E-state index in [1.54, 1.807) is 0 Å². The van der Waals surface area contributed by atoms with Crippen LogP contribution < -0.4 is 4.90 Å². The van der Waals surface area contributed by atoms with Crippen LogP contribution in [0.2, 0.25) is 0 Å². The molecule has 4 rings (SSSR count). The van der Waals surface area contributed by atoms with Crippen molar-refractivity contribution in [2.24, 2.45) is 5.92 Å². The van der Waals surface area contributed by atoms with E-state index < -0.39 is 0 Å². The average Bonchev–Trinajstić information content (AvgIpc) is 2.62. The minimum Gasteiger partial charge on any atom is -0.379 e. The van der Waals surface area contributed by atoms with Gasteiger partial charge < -0.3 is 9.64 Å². The van der Waals surface area contributed by atoms with E-state index in [2.05, 4.69) is 44.3 Å². The number of ether oxygens (including phenoxy) is 1. The van der Waals surface area contributed by atoms with Gasteiger partial charge in [0.05, 0.1) is 19.4 Å². The van der Waals surface area contributed by atoms with Gasteiger partial charge in [0.2, 0.25) is 0 Å². The SMILES string of the molecule is c1ccc2c(N3CCC[C@H](CN4CCOCC4)C3)nncc2c1. The van der Waals surface area contributed by atoms with E-state index in [0.29, 0.717) is 5.92 Å². The molecule has 1 atom stereocenters. The van der Waals surface area contributed by atoms with Crippen molar-refractivity contribution in [1.29, 1.82) is 0 Å². The summed E-state index contributed by atoms with van der Waals surface area (Å²) in [7, 11) is 0. The molecule has 1 aromatic carbocycles. The highest BCUT2D eigenvalue weighted by molar-refractivity contribution is 5.91. The Morgan fingerprint density at radius 3 is 2.91 bits per heavy atom. The molecule has 0 bridgehead atoms. The molecule has 2 aliphatic rings. The Morgan fingerprint density at radius 2 is 2.00 bits per heavy atom. The molecule has 5 nitrogen and oxygen atoms in total. The molecule has 0 N–H and O–H groups in total. The molecule has 0 amide bonds. The van der Waals surface area contributed by atoms with Gasteiger partial charge >= 0.3 is 0 Å². The van der Waals surface area contributed by atoms with Crippen LogP contribution >= 0.6 is 0 Å². The van der Waals surface area contributed by atoms with Crippen LogP contribution in [-0.2, 0) is 4.74 Å². The molecule has 23 heavy (non-hydrogen) atoms. The van der Waals surface area contributed by atoms with Crippen LogP contribution in [0.3, 0.4) is 0 Å². The molecule has 0 radical (unpaired) electrons. The molecule has 5 heteroatoms. The largest absolute Gasteiger partial charge is 0.379 e. The number of nitrogens with zero attached hydrogens (tertiary/aromatic N) is 4. The van der Waals surface area contributed by atoms with E-state index in [-0.39, 0.29) is 0 Å². The quantitative estimate of drug-likeness (QED) is 0.869. The number of morpholine rings is 1. The van der Waals surface area contributed by atoms with Gasteiger partial charge in [-0.2, -0.15) is 5.10 Å². The Hall–Kier alpha value is -1.72. The molecule has 2 aromatic rings. The van der Waals surface area contributed by atoms with E-state index >= 15 is 0 Å². The fourth-order valence-electron chi connectivity index (χ4n) is 3.80. The Bertz CT molecular complexity index is 651. The van der Waals surface area contributed by atoms with Gasteiger partial charge in [0.15, 0.2) is 5.82 Å². The fourth-order valence-corrected chi connectivity index (χ4v) is 3.80. The number of hydrogen-bond acceptors (Lipinski definition) is 5. The zero-order valence-corrected chi connectivity index (χ0v) is 13.5. The summed E-state index contributed by atoms with van der Waals surface area (Å²) in [4.78, 5) is 4.98. The van der Waals surface area contributed by atoms with Gasteiger partial charge in [-0.1, -0.05) is 24.3 Å². The Labute approximate surface area is 137 Å². The summed E-state index contributed by atoms with van der Waals surface area (Å²) in [6, 6.07) is 8.42. The fraction of sp³-hybridized carbons (Fsp3) is 0.556. The van der Waals surface area contributed by atoms with Gasteiger partial charge in [0.1, 0.15) is 0 Å².